The molecule has 0 amide bonds. The van der Waals surface area contributed by atoms with Gasteiger partial charge in [0.15, 0.2) is 21.7 Å². The molecule has 1 aromatic rings. The minimum Gasteiger partial charge on any atom is -0.476 e. The average molecular weight is 371 g/mol. The lowest BCUT2D eigenvalue weighted by Crippen LogP contribution is -2.18. The fraction of sp³-hybridized carbons (Fsp3) is 0.500. The highest BCUT2D eigenvalue weighted by Crippen LogP contribution is 2.15. The first-order chi connectivity index (χ1) is 11.9. The van der Waals surface area contributed by atoms with Crippen LogP contribution in [0, 0.1) is 0 Å². The van der Waals surface area contributed by atoms with E-state index in [2.05, 4.69) is 5.16 Å². The molecular weight excluding hydrogens is 350 g/mol. The third-order valence-electron chi connectivity index (χ3n) is 3.63. The second kappa shape index (κ2) is 8.93. The molecule has 0 bridgehead atoms. The Balaban J connectivity index is 2.12. The lowest BCUT2D eigenvalue weighted by atomic mass is 10.1. The molecule has 9 heteroatoms. The highest BCUT2D eigenvalue weighted by Gasteiger charge is 2.20. The first-order valence-corrected chi connectivity index (χ1v) is 9.46. The van der Waals surface area contributed by atoms with Crippen molar-refractivity contribution in [1.82, 2.24) is 0 Å². The minimum absolute atomic E-state index is 0.0369. The largest absolute Gasteiger partial charge is 0.476 e. The molecule has 0 aromatic heterocycles. The van der Waals surface area contributed by atoms with Gasteiger partial charge in [0.2, 0.25) is 0 Å². The van der Waals surface area contributed by atoms with Gasteiger partial charge in [0.05, 0.1) is 23.9 Å². The monoisotopic (exact) mass is 371 g/mol. The summed E-state index contributed by atoms with van der Waals surface area (Å²) in [5.74, 6) is -1.29. The lowest BCUT2D eigenvalue weighted by Gasteiger charge is -2.08. The van der Waals surface area contributed by atoms with E-state index in [9.17, 15) is 18.3 Å². The van der Waals surface area contributed by atoms with Crippen molar-refractivity contribution in [2.45, 2.75) is 23.8 Å². The van der Waals surface area contributed by atoms with E-state index in [0.717, 1.165) is 0 Å². The number of carboxylic acid groups (broad SMARTS) is 1. The Morgan fingerprint density at radius 2 is 2.08 bits per heavy atom. The van der Waals surface area contributed by atoms with Gasteiger partial charge in [0, 0.05) is 25.7 Å². The molecule has 0 saturated carbocycles. The van der Waals surface area contributed by atoms with Gasteiger partial charge in [-0.1, -0.05) is 17.3 Å². The number of ether oxygens (including phenoxy) is 2. The molecular formula is C16H21NO7S. The predicted molar refractivity (Wildman–Crippen MR) is 89.5 cm³/mol. The summed E-state index contributed by atoms with van der Waals surface area (Å²) in [6.45, 7) is 1.28. The molecule has 0 spiro atoms. The molecule has 25 heavy (non-hydrogen) atoms. The minimum atomic E-state index is -3.44. The van der Waals surface area contributed by atoms with Crippen molar-refractivity contribution in [3.63, 3.8) is 0 Å². The number of benzene rings is 1. The van der Waals surface area contributed by atoms with Crippen molar-refractivity contribution in [1.29, 1.82) is 0 Å². The van der Waals surface area contributed by atoms with Gasteiger partial charge < -0.3 is 19.4 Å². The van der Waals surface area contributed by atoms with Gasteiger partial charge in [0.1, 0.15) is 0 Å². The normalized spacial score (nSPS) is 18.3. The highest BCUT2D eigenvalue weighted by atomic mass is 32.2. The summed E-state index contributed by atoms with van der Waals surface area (Å²) in [5, 5.41) is 13.0. The summed E-state index contributed by atoms with van der Waals surface area (Å²) >= 11 is 0. The third-order valence-corrected chi connectivity index (χ3v) is 5.45. The zero-order valence-electron chi connectivity index (χ0n) is 13.9. The van der Waals surface area contributed by atoms with E-state index < -0.39 is 15.8 Å². The van der Waals surface area contributed by atoms with Crippen LogP contribution < -0.4 is 0 Å². The molecule has 138 valence electrons. The number of hydrogen-bond acceptors (Lipinski definition) is 7. The molecule has 1 heterocycles. The predicted octanol–water partition coefficient (Wildman–Crippen LogP) is 1.09. The Morgan fingerprint density at radius 3 is 2.64 bits per heavy atom. The van der Waals surface area contributed by atoms with Gasteiger partial charge in [-0.3, -0.25) is 0 Å². The summed E-state index contributed by atoms with van der Waals surface area (Å²) in [4.78, 5) is 16.7. The van der Waals surface area contributed by atoms with Crippen molar-refractivity contribution >= 4 is 21.5 Å². The number of sulfone groups is 1. The van der Waals surface area contributed by atoms with Crippen LogP contribution in [0.25, 0.3) is 0 Å². The number of carboxylic acids is 1. The fourth-order valence-electron chi connectivity index (χ4n) is 2.27. The smallest absolute Gasteiger partial charge is 0.358 e. The zero-order valence-corrected chi connectivity index (χ0v) is 14.7. The van der Waals surface area contributed by atoms with Crippen molar-refractivity contribution in [2.75, 3.05) is 32.7 Å². The van der Waals surface area contributed by atoms with Gasteiger partial charge in [-0.25, -0.2) is 13.2 Å². The van der Waals surface area contributed by atoms with Crippen LogP contribution in [-0.4, -0.2) is 64.0 Å². The number of rotatable bonds is 9. The van der Waals surface area contributed by atoms with Crippen LogP contribution in [0.1, 0.15) is 18.4 Å². The van der Waals surface area contributed by atoms with Crippen molar-refractivity contribution in [3.05, 3.63) is 29.8 Å². The van der Waals surface area contributed by atoms with Crippen LogP contribution >= 0.6 is 0 Å². The molecule has 1 fully saturated rings. The van der Waals surface area contributed by atoms with Crippen molar-refractivity contribution < 1.29 is 32.6 Å². The van der Waals surface area contributed by atoms with E-state index in [0.29, 0.717) is 32.7 Å². The van der Waals surface area contributed by atoms with E-state index in [1.165, 1.54) is 31.4 Å². The quantitative estimate of drug-likeness (QED) is 0.393. The maximum atomic E-state index is 12.2. The lowest BCUT2D eigenvalue weighted by molar-refractivity contribution is -0.129. The number of aliphatic carboxylic acids is 1. The SMILES string of the molecule is COCCCS(=O)(=O)c1ccc(/C(=N\O[C@@H]2CCOC2)C(=O)O)cc1. The van der Waals surface area contributed by atoms with Crippen LogP contribution in [0.15, 0.2) is 34.3 Å². The van der Waals surface area contributed by atoms with Gasteiger partial charge >= 0.3 is 5.97 Å². The van der Waals surface area contributed by atoms with Crippen LogP contribution in [0.2, 0.25) is 0 Å². The number of nitrogens with zero attached hydrogens (tertiary/aromatic N) is 1. The number of methoxy groups -OCH3 is 1. The van der Waals surface area contributed by atoms with Crippen molar-refractivity contribution in [3.8, 4) is 0 Å². The molecule has 1 aliphatic heterocycles. The van der Waals surface area contributed by atoms with Gasteiger partial charge in [-0.05, 0) is 18.6 Å². The average Bonchev–Trinajstić information content (AvgIpc) is 3.09. The Bertz CT molecular complexity index is 707. The van der Waals surface area contributed by atoms with Gasteiger partial charge in [0.25, 0.3) is 0 Å². The molecule has 0 aliphatic carbocycles. The molecule has 1 N–H and O–H groups in total. The fourth-order valence-corrected chi connectivity index (χ4v) is 3.55. The molecule has 1 atom stereocenters. The second-order valence-corrected chi connectivity index (χ2v) is 7.63. The van der Waals surface area contributed by atoms with Crippen LogP contribution in [0.4, 0.5) is 0 Å². The topological polar surface area (TPSA) is 111 Å². The maximum Gasteiger partial charge on any atom is 0.358 e. The van der Waals surface area contributed by atoms with Crippen LogP contribution in [0.5, 0.6) is 0 Å². The summed E-state index contributed by atoms with van der Waals surface area (Å²) in [6.07, 6.45) is 0.768. The Hall–Kier alpha value is -1.97. The van der Waals surface area contributed by atoms with E-state index in [-0.39, 0.29) is 28.0 Å². The van der Waals surface area contributed by atoms with E-state index in [1.54, 1.807) is 0 Å². The summed E-state index contributed by atoms with van der Waals surface area (Å²) in [7, 11) is -1.93. The van der Waals surface area contributed by atoms with Crippen molar-refractivity contribution in [2.24, 2.45) is 5.16 Å². The number of oxime groups is 1. The zero-order chi connectivity index (χ0) is 18.3. The first kappa shape index (κ1) is 19.4. The molecule has 1 aromatic carbocycles. The summed E-state index contributed by atoms with van der Waals surface area (Å²) in [5.41, 5.74) is -0.0162. The molecule has 1 aliphatic rings. The maximum absolute atomic E-state index is 12.2. The molecule has 1 saturated heterocycles. The number of hydrogen-bond donors (Lipinski definition) is 1. The van der Waals surface area contributed by atoms with Crippen LogP contribution in [-0.2, 0) is 28.9 Å². The van der Waals surface area contributed by atoms with E-state index in [1.807, 2.05) is 0 Å². The number of carbonyl (C=O) groups is 1. The molecule has 0 unspecified atom stereocenters. The molecule has 8 nitrogen and oxygen atoms in total. The van der Waals surface area contributed by atoms with E-state index >= 15 is 0 Å². The summed E-state index contributed by atoms with van der Waals surface area (Å²) < 4.78 is 34.3. The third kappa shape index (κ3) is 5.52. The Morgan fingerprint density at radius 1 is 1.36 bits per heavy atom. The first-order valence-electron chi connectivity index (χ1n) is 7.81. The van der Waals surface area contributed by atoms with Gasteiger partial charge in [-0.15, -0.1) is 0 Å². The molecule has 2 rings (SSSR count). The highest BCUT2D eigenvalue weighted by molar-refractivity contribution is 7.91. The molecule has 0 radical (unpaired) electrons. The van der Waals surface area contributed by atoms with Crippen LogP contribution in [0.3, 0.4) is 0 Å². The standard InChI is InChI=1S/C16H21NO7S/c1-22-8-2-10-25(20,21)14-5-3-12(4-6-14)15(16(18)19)17-24-13-7-9-23-11-13/h3-6,13H,2,7-11H2,1H3,(H,18,19)/b17-15+/t13-/m1/s1. The van der Waals surface area contributed by atoms with Gasteiger partial charge in [-0.2, -0.15) is 0 Å². The van der Waals surface area contributed by atoms with E-state index in [4.69, 9.17) is 14.3 Å². The second-order valence-electron chi connectivity index (χ2n) is 5.53. The Labute approximate surface area is 146 Å². The summed E-state index contributed by atoms with van der Waals surface area (Å²) in [6, 6.07) is 5.55. The Kier molecular flexibility index (Phi) is 6.91.